The van der Waals surface area contributed by atoms with Crippen molar-refractivity contribution in [3.05, 3.63) is 58.7 Å². The van der Waals surface area contributed by atoms with Gasteiger partial charge in [-0.15, -0.1) is 22.7 Å². The van der Waals surface area contributed by atoms with Gasteiger partial charge in [0.1, 0.15) is 16.4 Å². The maximum absolute atomic E-state index is 13.1. The van der Waals surface area contributed by atoms with Crippen molar-refractivity contribution in [2.24, 2.45) is 0 Å². The van der Waals surface area contributed by atoms with Gasteiger partial charge in [-0.3, -0.25) is 4.79 Å². The van der Waals surface area contributed by atoms with Crippen LogP contribution in [0.4, 0.5) is 5.82 Å². The molecule has 1 aliphatic rings. The molecule has 0 radical (unpaired) electrons. The summed E-state index contributed by atoms with van der Waals surface area (Å²) in [7, 11) is -3.76. The molecule has 0 bridgehead atoms. The Hall–Kier alpha value is -2.57. The van der Waals surface area contributed by atoms with E-state index < -0.39 is 10.0 Å². The van der Waals surface area contributed by atoms with Gasteiger partial charge in [0.05, 0.1) is 16.4 Å². The number of carbonyl (C=O) groups is 1. The van der Waals surface area contributed by atoms with Gasteiger partial charge in [0, 0.05) is 34.8 Å². The smallest absolute Gasteiger partial charge is 0.253 e. The molecule has 12 heteroatoms. The lowest BCUT2D eigenvalue weighted by Crippen LogP contribution is -2.51. The molecule has 5 rings (SSSR count). The van der Waals surface area contributed by atoms with Crippen LogP contribution in [0, 0.1) is 0 Å². The maximum atomic E-state index is 13.1. The van der Waals surface area contributed by atoms with Crippen LogP contribution in [0.15, 0.2) is 53.0 Å². The number of nitrogens with two attached hydrogens (primary N) is 1. The number of fused-ring (bicyclic) bond motifs is 1. The van der Waals surface area contributed by atoms with Gasteiger partial charge in [-0.25, -0.2) is 18.4 Å². The lowest BCUT2D eigenvalue weighted by atomic mass is 10.1. The number of piperazine rings is 1. The number of nitrogens with zero attached hydrogens (tertiary/aromatic N) is 4. The van der Waals surface area contributed by atoms with Crippen LogP contribution in [0.25, 0.3) is 20.7 Å². The number of hydrogen-bond acceptors (Lipinski definition) is 8. The molecule has 3 aromatic heterocycles. The predicted octanol–water partition coefficient (Wildman–Crippen LogP) is 3.69. The summed E-state index contributed by atoms with van der Waals surface area (Å²) in [6.07, 6.45) is 1.40. The standard InChI is InChI=1S/C21H18ClN5O3S3/c22-18-5-3-16(31-18)17-4-6-20(32-17)33(29,30)27-8-7-26(19(28)11-27)10-13-1-2-14-15(9-13)24-12-25-21(14)23/h1-6,9,12H,7-8,10-11H2,(H2,23,24,25). The second-order valence-electron chi connectivity index (χ2n) is 7.49. The fraction of sp³-hybridized carbons (Fsp3) is 0.190. The third-order valence-electron chi connectivity index (χ3n) is 5.38. The van der Waals surface area contributed by atoms with Crippen molar-refractivity contribution in [2.45, 2.75) is 10.8 Å². The second-order valence-corrected chi connectivity index (χ2v) is 12.5. The van der Waals surface area contributed by atoms with E-state index in [1.165, 1.54) is 33.3 Å². The molecule has 170 valence electrons. The highest BCUT2D eigenvalue weighted by Gasteiger charge is 2.34. The largest absolute Gasteiger partial charge is 0.383 e. The first-order chi connectivity index (χ1) is 15.8. The number of carbonyl (C=O) groups excluding carboxylic acids is 1. The zero-order valence-electron chi connectivity index (χ0n) is 17.1. The van der Waals surface area contributed by atoms with Gasteiger partial charge in [-0.1, -0.05) is 17.7 Å². The molecule has 8 nitrogen and oxygen atoms in total. The molecule has 2 N–H and O–H groups in total. The van der Waals surface area contributed by atoms with E-state index in [0.717, 1.165) is 20.7 Å². The zero-order valence-corrected chi connectivity index (χ0v) is 20.3. The fourth-order valence-electron chi connectivity index (χ4n) is 3.67. The Kier molecular flexibility index (Phi) is 5.83. The Labute approximate surface area is 203 Å². The van der Waals surface area contributed by atoms with Crippen molar-refractivity contribution < 1.29 is 13.2 Å². The third kappa shape index (κ3) is 4.34. The molecule has 1 saturated heterocycles. The summed E-state index contributed by atoms with van der Waals surface area (Å²) in [6, 6.07) is 12.6. The van der Waals surface area contributed by atoms with E-state index in [2.05, 4.69) is 9.97 Å². The number of thiophene rings is 2. The highest BCUT2D eigenvalue weighted by Crippen LogP contribution is 2.37. The van der Waals surface area contributed by atoms with Crippen molar-refractivity contribution in [3.63, 3.8) is 0 Å². The SMILES string of the molecule is Nc1ncnc2cc(CN3CCN(S(=O)(=O)c4ccc(-c5ccc(Cl)s5)s4)CC3=O)ccc12. The van der Waals surface area contributed by atoms with Gasteiger partial charge in [0.2, 0.25) is 5.91 Å². The lowest BCUT2D eigenvalue weighted by molar-refractivity contribution is -0.134. The fourth-order valence-corrected chi connectivity index (χ4v) is 7.64. The number of sulfonamides is 1. The molecule has 1 aromatic carbocycles. The minimum atomic E-state index is -3.76. The molecule has 0 atom stereocenters. The highest BCUT2D eigenvalue weighted by atomic mass is 35.5. The van der Waals surface area contributed by atoms with Gasteiger partial charge >= 0.3 is 0 Å². The Morgan fingerprint density at radius 1 is 1.03 bits per heavy atom. The monoisotopic (exact) mass is 519 g/mol. The molecule has 0 spiro atoms. The first-order valence-corrected chi connectivity index (χ1v) is 13.4. The minimum Gasteiger partial charge on any atom is -0.383 e. The van der Waals surface area contributed by atoms with E-state index in [0.29, 0.717) is 28.8 Å². The molecule has 0 aliphatic carbocycles. The minimum absolute atomic E-state index is 0.191. The quantitative estimate of drug-likeness (QED) is 0.430. The summed E-state index contributed by atoms with van der Waals surface area (Å²) in [5.41, 5.74) is 7.46. The van der Waals surface area contributed by atoms with E-state index in [4.69, 9.17) is 17.3 Å². The zero-order chi connectivity index (χ0) is 23.2. The number of benzene rings is 1. The summed E-state index contributed by atoms with van der Waals surface area (Å²) < 4.78 is 28.4. The highest BCUT2D eigenvalue weighted by molar-refractivity contribution is 7.91. The molecule has 1 fully saturated rings. The molecule has 4 heterocycles. The normalized spacial score (nSPS) is 15.4. The molecule has 4 aromatic rings. The molecule has 1 amide bonds. The van der Waals surface area contributed by atoms with Crippen molar-refractivity contribution in [2.75, 3.05) is 25.4 Å². The van der Waals surface area contributed by atoms with E-state index in [-0.39, 0.29) is 23.2 Å². The van der Waals surface area contributed by atoms with Gasteiger partial charge in [0.25, 0.3) is 10.0 Å². The van der Waals surface area contributed by atoms with Crippen LogP contribution in [-0.2, 0) is 21.4 Å². The van der Waals surface area contributed by atoms with Gasteiger partial charge in [-0.05, 0) is 42.0 Å². The molecule has 0 saturated carbocycles. The summed E-state index contributed by atoms with van der Waals surface area (Å²) in [5, 5.41) is 0.753. The van der Waals surface area contributed by atoms with Gasteiger partial charge < -0.3 is 10.6 Å². The first-order valence-electron chi connectivity index (χ1n) is 9.94. The molecular formula is C21H18ClN5O3S3. The average molecular weight is 520 g/mol. The van der Waals surface area contributed by atoms with Crippen LogP contribution in [0.2, 0.25) is 4.34 Å². The number of anilines is 1. The summed E-state index contributed by atoms with van der Waals surface area (Å²) in [5.74, 6) is 0.161. The average Bonchev–Trinajstić information content (AvgIpc) is 3.45. The Morgan fingerprint density at radius 2 is 1.82 bits per heavy atom. The summed E-state index contributed by atoms with van der Waals surface area (Å²) in [6.45, 7) is 0.716. The number of hydrogen-bond donors (Lipinski definition) is 1. The Balaban J connectivity index is 1.29. The number of rotatable bonds is 5. The topological polar surface area (TPSA) is 109 Å². The first kappa shape index (κ1) is 22.2. The lowest BCUT2D eigenvalue weighted by Gasteiger charge is -2.33. The van der Waals surface area contributed by atoms with Crippen molar-refractivity contribution >= 4 is 66.9 Å². The van der Waals surface area contributed by atoms with Crippen molar-refractivity contribution in [1.82, 2.24) is 19.2 Å². The molecular weight excluding hydrogens is 502 g/mol. The molecule has 0 unspecified atom stereocenters. The van der Waals surface area contributed by atoms with Crippen LogP contribution < -0.4 is 5.73 Å². The van der Waals surface area contributed by atoms with Crippen LogP contribution in [0.1, 0.15) is 5.56 Å². The third-order valence-corrected chi connectivity index (χ3v) is 10.2. The number of amides is 1. The molecule has 33 heavy (non-hydrogen) atoms. The summed E-state index contributed by atoms with van der Waals surface area (Å²) >= 11 is 8.57. The van der Waals surface area contributed by atoms with Gasteiger partial charge in [-0.2, -0.15) is 4.31 Å². The van der Waals surface area contributed by atoms with Gasteiger partial charge in [0.15, 0.2) is 0 Å². The maximum Gasteiger partial charge on any atom is 0.253 e. The van der Waals surface area contributed by atoms with Crippen LogP contribution in [0.5, 0.6) is 0 Å². The number of halogens is 1. The van der Waals surface area contributed by atoms with Crippen molar-refractivity contribution in [1.29, 1.82) is 0 Å². The van der Waals surface area contributed by atoms with E-state index in [1.807, 2.05) is 24.3 Å². The summed E-state index contributed by atoms with van der Waals surface area (Å²) in [4.78, 5) is 24.4. The van der Waals surface area contributed by atoms with E-state index in [9.17, 15) is 13.2 Å². The van der Waals surface area contributed by atoms with Crippen LogP contribution in [-0.4, -0.2) is 53.1 Å². The number of aromatic nitrogens is 2. The Morgan fingerprint density at radius 3 is 2.58 bits per heavy atom. The predicted molar refractivity (Wildman–Crippen MR) is 131 cm³/mol. The number of nitrogen functional groups attached to an aromatic ring is 1. The van der Waals surface area contributed by atoms with Crippen LogP contribution >= 0.6 is 34.3 Å². The second kappa shape index (κ2) is 8.65. The Bertz CT molecular complexity index is 1470. The van der Waals surface area contributed by atoms with Crippen molar-refractivity contribution in [3.8, 4) is 9.75 Å². The van der Waals surface area contributed by atoms with Crippen LogP contribution in [0.3, 0.4) is 0 Å². The van der Waals surface area contributed by atoms with E-state index >= 15 is 0 Å². The molecule has 1 aliphatic heterocycles. The van der Waals surface area contributed by atoms with E-state index in [1.54, 1.807) is 23.1 Å².